The second-order valence-electron chi connectivity index (χ2n) is 9.51. The van der Waals surface area contributed by atoms with Crippen LogP contribution in [0.2, 0.25) is 0 Å². The molecule has 0 atom stereocenters. The lowest BCUT2D eigenvalue weighted by molar-refractivity contribution is -0.274. The van der Waals surface area contributed by atoms with Crippen LogP contribution < -0.4 is 4.74 Å². The molecule has 5 rings (SSSR count). The number of phenolic OH excluding ortho intramolecular Hbond substituents is 1. The first-order valence-corrected chi connectivity index (χ1v) is 14.4. The normalized spacial score (nSPS) is 16.3. The Morgan fingerprint density at radius 1 is 1.18 bits per heavy atom. The van der Waals surface area contributed by atoms with Gasteiger partial charge in [-0.25, -0.2) is 4.79 Å². The predicted molar refractivity (Wildman–Crippen MR) is 143 cm³/mol. The smallest absolute Gasteiger partial charge is 0.506 e. The van der Waals surface area contributed by atoms with Crippen LogP contribution in [-0.2, 0) is 17.0 Å². The first-order valence-electron chi connectivity index (χ1n) is 12.6. The van der Waals surface area contributed by atoms with Crippen LogP contribution in [0.3, 0.4) is 0 Å². The van der Waals surface area contributed by atoms with E-state index in [4.69, 9.17) is 4.74 Å². The van der Waals surface area contributed by atoms with Gasteiger partial charge in [0.15, 0.2) is 0 Å². The number of carbonyl (C=O) groups excluding carboxylic acids is 1. The summed E-state index contributed by atoms with van der Waals surface area (Å²) in [7, 11) is 0. The fraction of sp³-hybridized carbons (Fsp3) is 0.444. The highest BCUT2D eigenvalue weighted by Gasteiger charge is 2.35. The number of fused-ring (bicyclic) bond motifs is 1. The van der Waals surface area contributed by atoms with Crippen LogP contribution in [0, 0.1) is 0 Å². The summed E-state index contributed by atoms with van der Waals surface area (Å²) in [6, 6.07) is 7.80. The summed E-state index contributed by atoms with van der Waals surface area (Å²) in [6.07, 6.45) is -0.595. The maximum atomic E-state index is 13.4. The number of aromatic nitrogens is 1. The zero-order chi connectivity index (χ0) is 27.0. The van der Waals surface area contributed by atoms with Gasteiger partial charge in [0.1, 0.15) is 11.5 Å². The molecule has 1 saturated carbocycles. The van der Waals surface area contributed by atoms with E-state index >= 15 is 0 Å². The quantitative estimate of drug-likeness (QED) is 0.200. The number of halogens is 4. The summed E-state index contributed by atoms with van der Waals surface area (Å²) >= 11 is 4.95. The lowest BCUT2D eigenvalue weighted by Gasteiger charge is -2.18. The first-order chi connectivity index (χ1) is 18.2. The fourth-order valence-corrected chi connectivity index (χ4v) is 6.45. The van der Waals surface area contributed by atoms with Gasteiger partial charge in [-0.3, -0.25) is 4.90 Å². The molecule has 1 aliphatic heterocycles. The lowest BCUT2D eigenvalue weighted by Crippen LogP contribution is -2.19. The minimum atomic E-state index is -4.75. The number of esters is 1. The molecule has 38 heavy (non-hydrogen) atoms. The lowest BCUT2D eigenvalue weighted by atomic mass is 10.0. The molecule has 0 bridgehead atoms. The van der Waals surface area contributed by atoms with E-state index < -0.39 is 12.3 Å². The molecule has 11 heteroatoms. The Morgan fingerprint density at radius 2 is 1.87 bits per heavy atom. The number of alkyl halides is 3. The minimum Gasteiger partial charge on any atom is -0.506 e. The van der Waals surface area contributed by atoms with Crippen molar-refractivity contribution in [2.75, 3.05) is 19.7 Å². The van der Waals surface area contributed by atoms with Gasteiger partial charge in [-0.05, 0) is 92.0 Å². The third kappa shape index (κ3) is 5.79. The third-order valence-corrected chi connectivity index (χ3v) is 8.45. The highest BCUT2D eigenvalue weighted by Crippen LogP contribution is 2.47. The molecule has 6 nitrogen and oxygen atoms in total. The van der Waals surface area contributed by atoms with Crippen molar-refractivity contribution >= 4 is 44.6 Å². The Balaban J connectivity index is 1.58. The Hall–Kier alpha value is -2.37. The predicted octanol–water partition coefficient (Wildman–Crippen LogP) is 7.41. The van der Waals surface area contributed by atoms with Crippen LogP contribution in [0.5, 0.6) is 11.5 Å². The topological polar surface area (TPSA) is 63.9 Å². The van der Waals surface area contributed by atoms with Crippen LogP contribution in [0.1, 0.15) is 60.3 Å². The number of phenols is 1. The van der Waals surface area contributed by atoms with Gasteiger partial charge in [0, 0.05) is 39.9 Å². The zero-order valence-corrected chi connectivity index (χ0v) is 23.2. The van der Waals surface area contributed by atoms with Crippen LogP contribution in [0.4, 0.5) is 13.2 Å². The van der Waals surface area contributed by atoms with Crippen molar-refractivity contribution in [1.82, 2.24) is 9.47 Å². The number of ether oxygens (including phenoxy) is 2. The first kappa shape index (κ1) is 27.2. The van der Waals surface area contributed by atoms with Crippen LogP contribution in [0.15, 0.2) is 39.7 Å². The Kier molecular flexibility index (Phi) is 7.89. The highest BCUT2D eigenvalue weighted by molar-refractivity contribution is 9.10. The Labute approximate surface area is 231 Å². The van der Waals surface area contributed by atoms with Crippen LogP contribution >= 0.6 is 27.7 Å². The molecule has 1 saturated heterocycles. The van der Waals surface area contributed by atoms with Gasteiger partial charge in [-0.2, -0.15) is 0 Å². The zero-order valence-electron chi connectivity index (χ0n) is 20.8. The van der Waals surface area contributed by atoms with E-state index in [1.165, 1.54) is 23.9 Å². The molecule has 0 radical (unpaired) electrons. The van der Waals surface area contributed by atoms with Crippen LogP contribution in [0.25, 0.3) is 10.9 Å². The molecule has 3 aromatic rings. The second kappa shape index (κ2) is 11.0. The molecule has 1 aromatic heterocycles. The highest BCUT2D eigenvalue weighted by atomic mass is 79.9. The molecular formula is C27H28BrF3N2O4S. The van der Waals surface area contributed by atoms with E-state index in [0.29, 0.717) is 33.3 Å². The number of nitrogens with zero attached hydrogens (tertiary/aromatic N) is 2. The molecule has 1 aliphatic carbocycles. The van der Waals surface area contributed by atoms with Crippen LogP contribution in [-0.4, -0.2) is 46.6 Å². The van der Waals surface area contributed by atoms with E-state index in [1.807, 2.05) is 6.07 Å². The number of rotatable bonds is 9. The summed E-state index contributed by atoms with van der Waals surface area (Å²) in [5, 5.41) is 11.8. The molecule has 2 aliphatic rings. The summed E-state index contributed by atoms with van der Waals surface area (Å²) < 4.78 is 49.9. The van der Waals surface area contributed by atoms with Gasteiger partial charge in [0.2, 0.25) is 0 Å². The largest absolute Gasteiger partial charge is 0.573 e. The maximum Gasteiger partial charge on any atom is 0.573 e. The Morgan fingerprint density at radius 3 is 2.47 bits per heavy atom. The van der Waals surface area contributed by atoms with E-state index in [-0.39, 0.29) is 24.1 Å². The molecule has 2 aromatic carbocycles. The molecule has 1 N–H and O–H groups in total. The molecule has 2 heterocycles. The average Bonchev–Trinajstić information content (AvgIpc) is 3.46. The van der Waals surface area contributed by atoms with Crippen molar-refractivity contribution < 1.29 is 32.5 Å². The summed E-state index contributed by atoms with van der Waals surface area (Å²) in [6.45, 7) is 4.36. The number of carbonyl (C=O) groups is 1. The van der Waals surface area contributed by atoms with Gasteiger partial charge in [0.05, 0.1) is 22.2 Å². The second-order valence-corrected chi connectivity index (χ2v) is 11.4. The number of benzene rings is 2. The number of aromatic hydroxyl groups is 1. The van der Waals surface area contributed by atoms with Crippen molar-refractivity contribution in [1.29, 1.82) is 0 Å². The van der Waals surface area contributed by atoms with Crippen molar-refractivity contribution in [2.45, 2.75) is 62.2 Å². The van der Waals surface area contributed by atoms with Gasteiger partial charge >= 0.3 is 12.3 Å². The van der Waals surface area contributed by atoms with Gasteiger partial charge in [0.25, 0.3) is 0 Å². The number of hydrogen-bond acceptors (Lipinski definition) is 6. The monoisotopic (exact) mass is 612 g/mol. The van der Waals surface area contributed by atoms with Gasteiger partial charge < -0.3 is 19.1 Å². The number of likely N-dealkylation sites (tertiary alicyclic amines) is 1. The van der Waals surface area contributed by atoms with E-state index in [1.54, 1.807) is 19.1 Å². The molecule has 2 fully saturated rings. The summed E-state index contributed by atoms with van der Waals surface area (Å²) in [5.41, 5.74) is 2.83. The van der Waals surface area contributed by atoms with Crippen molar-refractivity contribution in [2.24, 2.45) is 0 Å². The average molecular weight is 613 g/mol. The fourth-order valence-electron chi connectivity index (χ4n) is 5.08. The van der Waals surface area contributed by atoms with E-state index in [0.717, 1.165) is 54.9 Å². The van der Waals surface area contributed by atoms with Gasteiger partial charge in [-0.15, -0.1) is 24.9 Å². The molecule has 0 amide bonds. The minimum absolute atomic E-state index is 0.127. The standard InChI is InChI=1S/C27H28BrF3N2O4S/c1-2-36-26(35)24-22(15-38-18-9-7-17(8-10-18)37-27(29,30)31)33(16-5-6-16)21-13-20(28)25(34)19(23(21)24)14-32-11-3-4-12-32/h7-10,13,16,34H,2-6,11-12,14-15H2,1H3. The van der Waals surface area contributed by atoms with E-state index in [9.17, 15) is 23.1 Å². The molecule has 204 valence electrons. The van der Waals surface area contributed by atoms with Crippen molar-refractivity contribution in [3.05, 3.63) is 51.6 Å². The maximum absolute atomic E-state index is 13.4. The number of thioether (sulfide) groups is 1. The van der Waals surface area contributed by atoms with Crippen molar-refractivity contribution in [3.8, 4) is 11.5 Å². The molecular weight excluding hydrogens is 585 g/mol. The Bertz CT molecular complexity index is 1330. The summed E-state index contributed by atoms with van der Waals surface area (Å²) in [4.78, 5) is 16.5. The van der Waals surface area contributed by atoms with Crippen molar-refractivity contribution in [3.63, 3.8) is 0 Å². The SMILES string of the molecule is CCOC(=O)c1c(CSc2ccc(OC(F)(F)F)cc2)n(C2CC2)c2cc(Br)c(O)c(CN3CCCC3)c12. The number of hydrogen-bond donors (Lipinski definition) is 1. The third-order valence-electron chi connectivity index (χ3n) is 6.83. The molecule has 0 unspecified atom stereocenters. The van der Waals surface area contributed by atoms with Gasteiger partial charge in [-0.1, -0.05) is 0 Å². The molecule has 0 spiro atoms. The summed E-state index contributed by atoms with van der Waals surface area (Å²) in [5.74, 6) is -0.193. The van der Waals surface area contributed by atoms with E-state index in [2.05, 4.69) is 30.1 Å².